The third kappa shape index (κ3) is 4.28. The molecule has 0 N–H and O–H groups in total. The van der Waals surface area contributed by atoms with E-state index in [1.165, 1.54) is 37.3 Å². The average Bonchev–Trinajstić information content (AvgIpc) is 2.99. The van der Waals surface area contributed by atoms with Gasteiger partial charge in [0.2, 0.25) is 0 Å². The standard InChI is InChI=1S/C15H25N3OS/c1-3-4-7-17(2)10-13-5-8-18(9-6-13)15(19)14-11-20-12-16-14/h11-13H,3-10H2,1-2H3. The molecular formula is C15H25N3OS. The Kier molecular flexibility index (Phi) is 5.98. The molecule has 1 aromatic rings. The molecule has 5 heteroatoms. The summed E-state index contributed by atoms with van der Waals surface area (Å²) < 4.78 is 0. The van der Waals surface area contributed by atoms with E-state index < -0.39 is 0 Å². The SMILES string of the molecule is CCCCN(C)CC1CCN(C(=O)c2cscn2)CC1. The van der Waals surface area contributed by atoms with Gasteiger partial charge in [-0.1, -0.05) is 13.3 Å². The van der Waals surface area contributed by atoms with E-state index in [-0.39, 0.29) is 5.91 Å². The average molecular weight is 295 g/mol. The summed E-state index contributed by atoms with van der Waals surface area (Å²) in [6, 6.07) is 0. The van der Waals surface area contributed by atoms with E-state index in [9.17, 15) is 4.79 Å². The summed E-state index contributed by atoms with van der Waals surface area (Å²) in [4.78, 5) is 20.7. The fourth-order valence-corrected chi connectivity index (χ4v) is 3.28. The van der Waals surface area contributed by atoms with E-state index in [1.807, 2.05) is 10.3 Å². The zero-order valence-electron chi connectivity index (χ0n) is 12.5. The van der Waals surface area contributed by atoms with Crippen molar-refractivity contribution < 1.29 is 4.79 Å². The number of carbonyl (C=O) groups excluding carboxylic acids is 1. The van der Waals surface area contributed by atoms with Crippen LogP contribution in [0.5, 0.6) is 0 Å². The second kappa shape index (κ2) is 7.74. The largest absolute Gasteiger partial charge is 0.337 e. The number of hydrogen-bond acceptors (Lipinski definition) is 4. The molecule has 1 amide bonds. The zero-order valence-corrected chi connectivity index (χ0v) is 13.4. The molecule has 0 unspecified atom stereocenters. The Labute approximate surface area is 125 Å². The number of unbranched alkanes of at least 4 members (excludes halogenated alkanes) is 1. The van der Waals surface area contributed by atoms with Crippen molar-refractivity contribution in [2.45, 2.75) is 32.6 Å². The molecule has 0 bridgehead atoms. The van der Waals surface area contributed by atoms with Crippen molar-refractivity contribution in [3.8, 4) is 0 Å². The molecule has 1 saturated heterocycles. The first-order valence-electron chi connectivity index (χ1n) is 7.56. The molecule has 1 aromatic heterocycles. The van der Waals surface area contributed by atoms with Crippen LogP contribution in [0.15, 0.2) is 10.9 Å². The number of rotatable bonds is 6. The van der Waals surface area contributed by atoms with Crippen LogP contribution in [0.25, 0.3) is 0 Å². The maximum absolute atomic E-state index is 12.2. The van der Waals surface area contributed by atoms with E-state index in [4.69, 9.17) is 0 Å². The van der Waals surface area contributed by atoms with Crippen molar-refractivity contribution in [1.82, 2.24) is 14.8 Å². The van der Waals surface area contributed by atoms with Crippen molar-refractivity contribution in [3.05, 3.63) is 16.6 Å². The van der Waals surface area contributed by atoms with E-state index in [0.717, 1.165) is 31.8 Å². The Morgan fingerprint density at radius 3 is 2.85 bits per heavy atom. The molecule has 0 aliphatic carbocycles. The van der Waals surface area contributed by atoms with Crippen molar-refractivity contribution in [2.24, 2.45) is 5.92 Å². The third-order valence-electron chi connectivity index (χ3n) is 4.02. The minimum Gasteiger partial charge on any atom is -0.337 e. The highest BCUT2D eigenvalue weighted by Crippen LogP contribution is 2.20. The van der Waals surface area contributed by atoms with Crippen LogP contribution < -0.4 is 0 Å². The Morgan fingerprint density at radius 2 is 2.25 bits per heavy atom. The highest BCUT2D eigenvalue weighted by Gasteiger charge is 2.24. The van der Waals surface area contributed by atoms with Gasteiger partial charge in [0.25, 0.3) is 5.91 Å². The lowest BCUT2D eigenvalue weighted by Crippen LogP contribution is -2.41. The molecule has 0 radical (unpaired) electrons. The summed E-state index contributed by atoms with van der Waals surface area (Å²) >= 11 is 1.48. The molecule has 0 saturated carbocycles. The van der Waals surface area contributed by atoms with Gasteiger partial charge < -0.3 is 9.80 Å². The summed E-state index contributed by atoms with van der Waals surface area (Å²) in [6.07, 6.45) is 4.77. The lowest BCUT2D eigenvalue weighted by atomic mass is 9.96. The van der Waals surface area contributed by atoms with Gasteiger partial charge in [-0.2, -0.15) is 0 Å². The van der Waals surface area contributed by atoms with Gasteiger partial charge in [-0.15, -0.1) is 11.3 Å². The lowest BCUT2D eigenvalue weighted by molar-refractivity contribution is 0.0668. The van der Waals surface area contributed by atoms with Gasteiger partial charge in [-0.05, 0) is 38.8 Å². The van der Waals surface area contributed by atoms with Crippen LogP contribution in [-0.2, 0) is 0 Å². The Morgan fingerprint density at radius 1 is 1.50 bits per heavy atom. The van der Waals surface area contributed by atoms with Crippen LogP contribution >= 0.6 is 11.3 Å². The summed E-state index contributed by atoms with van der Waals surface area (Å²) in [5.74, 6) is 0.834. The van der Waals surface area contributed by atoms with Gasteiger partial charge in [-0.25, -0.2) is 4.98 Å². The van der Waals surface area contributed by atoms with Crippen LogP contribution in [0, 0.1) is 5.92 Å². The van der Waals surface area contributed by atoms with Gasteiger partial charge >= 0.3 is 0 Å². The molecule has 0 aromatic carbocycles. The number of amides is 1. The van der Waals surface area contributed by atoms with Crippen molar-refractivity contribution in [3.63, 3.8) is 0 Å². The van der Waals surface area contributed by atoms with Gasteiger partial charge in [0.05, 0.1) is 5.51 Å². The van der Waals surface area contributed by atoms with Crippen LogP contribution in [0.2, 0.25) is 0 Å². The third-order valence-corrected chi connectivity index (χ3v) is 4.60. The molecule has 1 aliphatic heterocycles. The summed E-state index contributed by atoms with van der Waals surface area (Å²) in [7, 11) is 2.21. The maximum Gasteiger partial charge on any atom is 0.273 e. The second-order valence-corrected chi connectivity index (χ2v) is 6.44. The quantitative estimate of drug-likeness (QED) is 0.809. The molecule has 2 rings (SSSR count). The minimum absolute atomic E-state index is 0.101. The maximum atomic E-state index is 12.2. The topological polar surface area (TPSA) is 36.4 Å². The number of piperidine rings is 1. The number of hydrogen-bond donors (Lipinski definition) is 0. The van der Waals surface area contributed by atoms with Crippen LogP contribution in [0.4, 0.5) is 0 Å². The Balaban J connectivity index is 1.73. The number of likely N-dealkylation sites (tertiary alicyclic amines) is 1. The molecule has 4 nitrogen and oxygen atoms in total. The first-order valence-corrected chi connectivity index (χ1v) is 8.51. The first-order chi connectivity index (χ1) is 9.70. The molecule has 0 atom stereocenters. The lowest BCUT2D eigenvalue weighted by Gasteiger charge is -2.33. The van der Waals surface area contributed by atoms with Crippen LogP contribution in [-0.4, -0.2) is 53.9 Å². The van der Waals surface area contributed by atoms with E-state index in [1.54, 1.807) is 5.51 Å². The molecule has 0 spiro atoms. The smallest absolute Gasteiger partial charge is 0.273 e. The summed E-state index contributed by atoms with van der Waals surface area (Å²) in [6.45, 7) is 6.34. The van der Waals surface area contributed by atoms with Gasteiger partial charge in [0.1, 0.15) is 5.69 Å². The summed E-state index contributed by atoms with van der Waals surface area (Å²) in [5, 5.41) is 1.84. The predicted molar refractivity (Wildman–Crippen MR) is 83.1 cm³/mol. The number of nitrogens with zero attached hydrogens (tertiary/aromatic N) is 3. The normalized spacial score (nSPS) is 16.9. The van der Waals surface area contributed by atoms with Crippen molar-refractivity contribution in [2.75, 3.05) is 33.2 Å². The number of aromatic nitrogens is 1. The van der Waals surface area contributed by atoms with E-state index in [2.05, 4.69) is 23.9 Å². The van der Waals surface area contributed by atoms with Crippen molar-refractivity contribution in [1.29, 1.82) is 0 Å². The monoisotopic (exact) mass is 295 g/mol. The predicted octanol–water partition coefficient (Wildman–Crippen LogP) is 2.73. The fourth-order valence-electron chi connectivity index (χ4n) is 2.76. The molecule has 20 heavy (non-hydrogen) atoms. The molecule has 1 aliphatic rings. The first kappa shape index (κ1) is 15.4. The zero-order chi connectivity index (χ0) is 14.4. The Bertz CT molecular complexity index is 399. The number of carbonyl (C=O) groups is 1. The molecular weight excluding hydrogens is 270 g/mol. The van der Waals surface area contributed by atoms with Gasteiger partial charge in [0, 0.05) is 25.0 Å². The van der Waals surface area contributed by atoms with E-state index in [0.29, 0.717) is 5.69 Å². The van der Waals surface area contributed by atoms with Crippen LogP contribution in [0.3, 0.4) is 0 Å². The number of thiazole rings is 1. The second-order valence-electron chi connectivity index (χ2n) is 5.73. The molecule has 2 heterocycles. The highest BCUT2D eigenvalue weighted by atomic mass is 32.1. The molecule has 112 valence electrons. The van der Waals surface area contributed by atoms with Crippen molar-refractivity contribution >= 4 is 17.2 Å². The van der Waals surface area contributed by atoms with Gasteiger partial charge in [0.15, 0.2) is 0 Å². The minimum atomic E-state index is 0.101. The molecule has 1 fully saturated rings. The summed E-state index contributed by atoms with van der Waals surface area (Å²) in [5.41, 5.74) is 2.33. The van der Waals surface area contributed by atoms with Gasteiger partial charge in [-0.3, -0.25) is 4.79 Å². The van der Waals surface area contributed by atoms with E-state index >= 15 is 0 Å². The van der Waals surface area contributed by atoms with Crippen LogP contribution in [0.1, 0.15) is 43.1 Å². The fraction of sp³-hybridized carbons (Fsp3) is 0.733. The highest BCUT2D eigenvalue weighted by molar-refractivity contribution is 7.07. The Hall–Kier alpha value is -0.940.